The number of aryl methyl sites for hydroxylation is 1. The van der Waals surface area contributed by atoms with Crippen LogP contribution in [-0.2, 0) is 4.79 Å². The lowest BCUT2D eigenvalue weighted by atomic mass is 9.81. The predicted molar refractivity (Wildman–Crippen MR) is 86.9 cm³/mol. The lowest BCUT2D eigenvalue weighted by Gasteiger charge is -2.28. The number of benzene rings is 1. The van der Waals surface area contributed by atoms with Gasteiger partial charge in [-0.15, -0.1) is 0 Å². The molecule has 0 heterocycles. The molecular weight excluding hydrogens is 260 g/mol. The maximum absolute atomic E-state index is 12.2. The van der Waals surface area contributed by atoms with Gasteiger partial charge in [-0.2, -0.15) is 0 Å². The standard InChI is InChI=1S/C18H28N2O/c1-3-14-6-8-15(9-7-14)12-20-18(21)17(19)16-10-4-13(2)5-11-16/h4-5,10-11,14-15,17H,3,6-9,12,19H2,1-2H3,(H,20,21). The molecular formula is C18H28N2O. The van der Waals surface area contributed by atoms with Gasteiger partial charge >= 0.3 is 0 Å². The van der Waals surface area contributed by atoms with Crippen LogP contribution in [0.4, 0.5) is 0 Å². The number of carbonyl (C=O) groups is 1. The summed E-state index contributed by atoms with van der Waals surface area (Å²) in [6, 6.07) is 7.30. The largest absolute Gasteiger partial charge is 0.354 e. The van der Waals surface area contributed by atoms with Crippen LogP contribution >= 0.6 is 0 Å². The van der Waals surface area contributed by atoms with E-state index in [1.165, 1.54) is 37.7 Å². The van der Waals surface area contributed by atoms with Gasteiger partial charge in [0.25, 0.3) is 0 Å². The van der Waals surface area contributed by atoms with Crippen molar-refractivity contribution in [1.29, 1.82) is 0 Å². The van der Waals surface area contributed by atoms with E-state index in [1.54, 1.807) is 0 Å². The van der Waals surface area contributed by atoms with Crippen LogP contribution in [0.2, 0.25) is 0 Å². The second kappa shape index (κ2) is 7.60. The monoisotopic (exact) mass is 288 g/mol. The number of nitrogens with two attached hydrogens (primary N) is 1. The number of hydrogen-bond donors (Lipinski definition) is 2. The predicted octanol–water partition coefficient (Wildman–Crippen LogP) is 3.33. The second-order valence-electron chi connectivity index (χ2n) is 6.43. The fourth-order valence-corrected chi connectivity index (χ4v) is 3.12. The van der Waals surface area contributed by atoms with E-state index in [4.69, 9.17) is 5.73 Å². The molecule has 0 aliphatic heterocycles. The molecule has 116 valence electrons. The van der Waals surface area contributed by atoms with Crippen molar-refractivity contribution in [3.63, 3.8) is 0 Å². The molecule has 3 nitrogen and oxygen atoms in total. The summed E-state index contributed by atoms with van der Waals surface area (Å²) in [4.78, 5) is 12.2. The van der Waals surface area contributed by atoms with E-state index in [2.05, 4.69) is 12.2 Å². The Hall–Kier alpha value is -1.35. The maximum atomic E-state index is 12.2. The van der Waals surface area contributed by atoms with Crippen molar-refractivity contribution in [2.24, 2.45) is 17.6 Å². The van der Waals surface area contributed by atoms with Crippen LogP contribution < -0.4 is 11.1 Å². The van der Waals surface area contributed by atoms with Crippen LogP contribution in [0, 0.1) is 18.8 Å². The second-order valence-corrected chi connectivity index (χ2v) is 6.43. The highest BCUT2D eigenvalue weighted by Gasteiger charge is 2.22. The van der Waals surface area contributed by atoms with E-state index < -0.39 is 6.04 Å². The van der Waals surface area contributed by atoms with E-state index in [1.807, 2.05) is 31.2 Å². The highest BCUT2D eigenvalue weighted by molar-refractivity contribution is 5.82. The first-order valence-electron chi connectivity index (χ1n) is 8.20. The number of rotatable bonds is 5. The quantitative estimate of drug-likeness (QED) is 0.873. The van der Waals surface area contributed by atoms with Crippen LogP contribution in [0.15, 0.2) is 24.3 Å². The van der Waals surface area contributed by atoms with E-state index >= 15 is 0 Å². The normalized spacial score (nSPS) is 23.6. The molecule has 1 fully saturated rings. The molecule has 3 N–H and O–H groups in total. The molecule has 0 radical (unpaired) electrons. The molecule has 21 heavy (non-hydrogen) atoms. The van der Waals surface area contributed by atoms with Crippen molar-refractivity contribution >= 4 is 5.91 Å². The Bertz CT molecular complexity index is 447. The van der Waals surface area contributed by atoms with Crippen molar-refractivity contribution in [2.75, 3.05) is 6.54 Å². The average molecular weight is 288 g/mol. The zero-order valence-corrected chi connectivity index (χ0v) is 13.3. The first-order chi connectivity index (χ1) is 10.1. The van der Waals surface area contributed by atoms with Crippen molar-refractivity contribution in [3.8, 4) is 0 Å². The molecule has 1 aliphatic rings. The van der Waals surface area contributed by atoms with E-state index in [0.717, 1.165) is 18.0 Å². The number of carbonyl (C=O) groups excluding carboxylic acids is 1. The topological polar surface area (TPSA) is 55.1 Å². The number of nitrogens with one attached hydrogen (secondary N) is 1. The lowest BCUT2D eigenvalue weighted by molar-refractivity contribution is -0.122. The molecule has 3 heteroatoms. The molecule has 0 saturated heterocycles. The summed E-state index contributed by atoms with van der Waals surface area (Å²) < 4.78 is 0. The summed E-state index contributed by atoms with van der Waals surface area (Å²) in [5, 5.41) is 3.03. The molecule has 1 aromatic rings. The Balaban J connectivity index is 1.78. The molecule has 0 aromatic heterocycles. The van der Waals surface area contributed by atoms with E-state index in [0.29, 0.717) is 5.92 Å². The SMILES string of the molecule is CCC1CCC(CNC(=O)C(N)c2ccc(C)cc2)CC1. The highest BCUT2D eigenvalue weighted by atomic mass is 16.2. The van der Waals surface area contributed by atoms with Gasteiger partial charge in [0.05, 0.1) is 0 Å². The number of amides is 1. The zero-order valence-electron chi connectivity index (χ0n) is 13.3. The van der Waals surface area contributed by atoms with Crippen molar-refractivity contribution in [3.05, 3.63) is 35.4 Å². The summed E-state index contributed by atoms with van der Waals surface area (Å²) in [6.45, 7) is 5.07. The Kier molecular flexibility index (Phi) is 5.80. The first kappa shape index (κ1) is 16.0. The minimum Gasteiger partial charge on any atom is -0.354 e. The molecule has 1 saturated carbocycles. The third-order valence-corrected chi connectivity index (χ3v) is 4.83. The van der Waals surface area contributed by atoms with E-state index in [-0.39, 0.29) is 5.91 Å². The molecule has 0 bridgehead atoms. The minimum atomic E-state index is -0.558. The van der Waals surface area contributed by atoms with Crippen molar-refractivity contribution in [1.82, 2.24) is 5.32 Å². The lowest BCUT2D eigenvalue weighted by Crippen LogP contribution is -2.37. The van der Waals surface area contributed by atoms with Gasteiger partial charge in [-0.25, -0.2) is 0 Å². The summed E-state index contributed by atoms with van der Waals surface area (Å²) in [5.74, 6) is 1.46. The van der Waals surface area contributed by atoms with Gasteiger partial charge in [0.15, 0.2) is 0 Å². The van der Waals surface area contributed by atoms with Crippen LogP contribution in [0.5, 0.6) is 0 Å². The van der Waals surface area contributed by atoms with Crippen LogP contribution in [0.25, 0.3) is 0 Å². The smallest absolute Gasteiger partial charge is 0.241 e. The van der Waals surface area contributed by atoms with Gasteiger partial charge in [0.1, 0.15) is 6.04 Å². The Morgan fingerprint density at radius 1 is 1.19 bits per heavy atom. The summed E-state index contributed by atoms with van der Waals surface area (Å²) in [7, 11) is 0. The fourth-order valence-electron chi connectivity index (χ4n) is 3.12. The van der Waals surface area contributed by atoms with Gasteiger partial charge in [-0.3, -0.25) is 4.79 Å². The van der Waals surface area contributed by atoms with Crippen LogP contribution in [-0.4, -0.2) is 12.5 Å². The fraction of sp³-hybridized carbons (Fsp3) is 0.611. The maximum Gasteiger partial charge on any atom is 0.241 e. The van der Waals surface area contributed by atoms with Gasteiger partial charge in [-0.1, -0.05) is 56.0 Å². The van der Waals surface area contributed by atoms with Crippen LogP contribution in [0.3, 0.4) is 0 Å². The minimum absolute atomic E-state index is 0.0588. The zero-order chi connectivity index (χ0) is 15.2. The van der Waals surface area contributed by atoms with Crippen molar-refractivity contribution in [2.45, 2.75) is 52.0 Å². The van der Waals surface area contributed by atoms with Gasteiger partial charge in [-0.05, 0) is 37.2 Å². The van der Waals surface area contributed by atoms with Gasteiger partial charge in [0.2, 0.25) is 5.91 Å². The van der Waals surface area contributed by atoms with Gasteiger partial charge in [0, 0.05) is 6.54 Å². The Morgan fingerprint density at radius 2 is 1.76 bits per heavy atom. The highest BCUT2D eigenvalue weighted by Crippen LogP contribution is 2.30. The summed E-state index contributed by atoms with van der Waals surface area (Å²) >= 11 is 0. The summed E-state index contributed by atoms with van der Waals surface area (Å²) in [6.07, 6.45) is 6.37. The molecule has 1 aliphatic carbocycles. The molecule has 2 rings (SSSR count). The third kappa shape index (κ3) is 4.57. The third-order valence-electron chi connectivity index (χ3n) is 4.83. The van der Waals surface area contributed by atoms with Crippen molar-refractivity contribution < 1.29 is 4.79 Å². The number of hydrogen-bond acceptors (Lipinski definition) is 2. The Labute approximate surface area is 128 Å². The van der Waals surface area contributed by atoms with Gasteiger partial charge < -0.3 is 11.1 Å². The molecule has 1 atom stereocenters. The van der Waals surface area contributed by atoms with Crippen LogP contribution in [0.1, 0.15) is 56.2 Å². The Morgan fingerprint density at radius 3 is 2.33 bits per heavy atom. The molecule has 1 amide bonds. The first-order valence-corrected chi connectivity index (χ1v) is 8.20. The van der Waals surface area contributed by atoms with E-state index in [9.17, 15) is 4.79 Å². The molecule has 1 unspecified atom stereocenters. The summed E-state index contributed by atoms with van der Waals surface area (Å²) in [5.41, 5.74) is 8.10. The average Bonchev–Trinajstić information content (AvgIpc) is 2.53. The molecule has 1 aromatic carbocycles. The molecule has 0 spiro atoms.